The van der Waals surface area contributed by atoms with Crippen LogP contribution < -0.4 is 10.1 Å². The number of fused-ring (bicyclic) bond motifs is 1. The molecule has 1 saturated carbocycles. The van der Waals surface area contributed by atoms with Gasteiger partial charge >= 0.3 is 5.97 Å². The highest BCUT2D eigenvalue weighted by Gasteiger charge is 2.54. The maximum Gasteiger partial charge on any atom is 0.311 e. The first-order chi connectivity index (χ1) is 12.4. The maximum atomic E-state index is 12.2. The monoisotopic (exact) mass is 360 g/mol. The minimum absolute atomic E-state index is 0.0735. The Morgan fingerprint density at radius 1 is 1.35 bits per heavy atom. The van der Waals surface area contributed by atoms with Crippen LogP contribution in [0.3, 0.4) is 0 Å². The molecule has 1 heterocycles. The summed E-state index contributed by atoms with van der Waals surface area (Å²) in [6.45, 7) is 6.31. The van der Waals surface area contributed by atoms with Crippen LogP contribution in [0, 0.1) is 25.2 Å². The summed E-state index contributed by atoms with van der Waals surface area (Å²) < 4.78 is 5.79. The number of hydrogen-bond donors (Lipinski definition) is 2. The van der Waals surface area contributed by atoms with Crippen LogP contribution in [-0.2, 0) is 9.59 Å². The van der Waals surface area contributed by atoms with Gasteiger partial charge in [0.25, 0.3) is 0 Å². The van der Waals surface area contributed by atoms with Crippen LogP contribution in [0.1, 0.15) is 30.4 Å². The third kappa shape index (κ3) is 3.70. The predicted octanol–water partition coefficient (Wildman–Crippen LogP) is 1.99. The lowest BCUT2D eigenvalue weighted by molar-refractivity contribution is -0.149. The average Bonchev–Trinajstić information content (AvgIpc) is 3.11. The molecule has 142 valence electrons. The number of rotatable bonds is 7. The SMILES string of the molecule is Cc1cccc(C)c1OCCNC(=O)CN1C[C@@H]2CCC[C@@]2(C(=O)O)C1. The number of likely N-dealkylation sites (tertiary alicyclic amines) is 1. The Morgan fingerprint density at radius 2 is 2.08 bits per heavy atom. The average molecular weight is 360 g/mol. The molecule has 1 aromatic rings. The smallest absolute Gasteiger partial charge is 0.311 e. The molecule has 1 aliphatic heterocycles. The normalized spacial score (nSPS) is 25.1. The largest absolute Gasteiger partial charge is 0.491 e. The molecule has 1 amide bonds. The van der Waals surface area contributed by atoms with Crippen LogP contribution in [0.4, 0.5) is 0 Å². The number of carboxylic acid groups (broad SMARTS) is 1. The molecule has 1 aromatic carbocycles. The fourth-order valence-corrected chi connectivity index (χ4v) is 4.49. The Kier molecular flexibility index (Phi) is 5.51. The lowest BCUT2D eigenvalue weighted by atomic mass is 9.81. The van der Waals surface area contributed by atoms with E-state index in [1.165, 1.54) is 0 Å². The lowest BCUT2D eigenvalue weighted by Gasteiger charge is -2.23. The van der Waals surface area contributed by atoms with Crippen LogP contribution in [0.15, 0.2) is 18.2 Å². The molecule has 1 aliphatic carbocycles. The number of hydrogen-bond acceptors (Lipinski definition) is 4. The number of carboxylic acids is 1. The topological polar surface area (TPSA) is 78.9 Å². The van der Waals surface area contributed by atoms with Gasteiger partial charge in [-0.05, 0) is 43.7 Å². The Balaban J connectivity index is 1.42. The molecule has 2 atom stereocenters. The molecule has 2 N–H and O–H groups in total. The van der Waals surface area contributed by atoms with Gasteiger partial charge in [-0.15, -0.1) is 0 Å². The summed E-state index contributed by atoms with van der Waals surface area (Å²) in [5, 5.41) is 12.5. The zero-order chi connectivity index (χ0) is 18.7. The van der Waals surface area contributed by atoms with E-state index in [0.29, 0.717) is 26.2 Å². The van der Waals surface area contributed by atoms with E-state index in [-0.39, 0.29) is 18.4 Å². The number of benzene rings is 1. The van der Waals surface area contributed by atoms with E-state index in [1.807, 2.05) is 36.9 Å². The summed E-state index contributed by atoms with van der Waals surface area (Å²) >= 11 is 0. The summed E-state index contributed by atoms with van der Waals surface area (Å²) in [5.41, 5.74) is 1.53. The minimum atomic E-state index is -0.704. The Labute approximate surface area is 154 Å². The number of ether oxygens (including phenoxy) is 1. The van der Waals surface area contributed by atoms with Crippen molar-refractivity contribution in [1.29, 1.82) is 0 Å². The number of aryl methyl sites for hydroxylation is 2. The predicted molar refractivity (Wildman–Crippen MR) is 98.3 cm³/mol. The molecule has 1 saturated heterocycles. The second kappa shape index (κ2) is 7.66. The van der Waals surface area contributed by atoms with Gasteiger partial charge in [-0.1, -0.05) is 24.6 Å². The van der Waals surface area contributed by atoms with Crippen LogP contribution in [0.25, 0.3) is 0 Å². The number of nitrogens with one attached hydrogen (secondary N) is 1. The van der Waals surface area contributed by atoms with Crippen molar-refractivity contribution in [3.63, 3.8) is 0 Å². The molecule has 0 unspecified atom stereocenters. The van der Waals surface area contributed by atoms with Gasteiger partial charge in [-0.2, -0.15) is 0 Å². The van der Waals surface area contributed by atoms with E-state index in [4.69, 9.17) is 4.74 Å². The number of nitrogens with zero attached hydrogens (tertiary/aromatic N) is 1. The van der Waals surface area contributed by atoms with Crippen molar-refractivity contribution in [1.82, 2.24) is 10.2 Å². The minimum Gasteiger partial charge on any atom is -0.491 e. The molecule has 0 aromatic heterocycles. The quantitative estimate of drug-likeness (QED) is 0.727. The van der Waals surface area contributed by atoms with Crippen LogP contribution in [0.5, 0.6) is 5.75 Å². The van der Waals surface area contributed by atoms with Crippen molar-refractivity contribution in [2.75, 3.05) is 32.8 Å². The highest BCUT2D eigenvalue weighted by atomic mass is 16.5. The second-order valence-electron chi connectivity index (χ2n) is 7.64. The number of carbonyl (C=O) groups excluding carboxylic acids is 1. The standard InChI is InChI=1S/C20H28N2O4/c1-14-5-3-6-15(2)18(14)26-10-9-21-17(23)12-22-11-16-7-4-8-20(16,13-22)19(24)25/h3,5-6,16H,4,7-13H2,1-2H3,(H,21,23)(H,24,25)/t16-,20+/m0/s1. The fourth-order valence-electron chi connectivity index (χ4n) is 4.49. The zero-order valence-corrected chi connectivity index (χ0v) is 15.6. The van der Waals surface area contributed by atoms with Crippen molar-refractivity contribution in [2.45, 2.75) is 33.1 Å². The van der Waals surface area contributed by atoms with Crippen LogP contribution in [-0.4, -0.2) is 54.7 Å². The molecule has 0 spiro atoms. The van der Waals surface area contributed by atoms with Gasteiger partial charge < -0.3 is 15.2 Å². The molecule has 26 heavy (non-hydrogen) atoms. The molecule has 0 bridgehead atoms. The van der Waals surface area contributed by atoms with Gasteiger partial charge in [0.2, 0.25) is 5.91 Å². The summed E-state index contributed by atoms with van der Waals surface area (Å²) in [4.78, 5) is 25.9. The van der Waals surface area contributed by atoms with Crippen LogP contribution in [0.2, 0.25) is 0 Å². The van der Waals surface area contributed by atoms with E-state index in [9.17, 15) is 14.7 Å². The van der Waals surface area contributed by atoms with E-state index < -0.39 is 11.4 Å². The van der Waals surface area contributed by atoms with E-state index in [0.717, 1.165) is 36.1 Å². The first-order valence-electron chi connectivity index (χ1n) is 9.34. The van der Waals surface area contributed by atoms with Crippen LogP contribution >= 0.6 is 0 Å². The zero-order valence-electron chi connectivity index (χ0n) is 15.6. The molecular formula is C20H28N2O4. The first-order valence-corrected chi connectivity index (χ1v) is 9.34. The molecule has 6 heteroatoms. The van der Waals surface area contributed by atoms with Crippen molar-refractivity contribution in [3.05, 3.63) is 29.3 Å². The van der Waals surface area contributed by atoms with Gasteiger partial charge in [0, 0.05) is 13.1 Å². The number of para-hydroxylation sites is 1. The first kappa shape index (κ1) is 18.7. The van der Waals surface area contributed by atoms with Gasteiger partial charge in [-0.25, -0.2) is 0 Å². The van der Waals surface area contributed by atoms with E-state index >= 15 is 0 Å². The fraction of sp³-hybridized carbons (Fsp3) is 0.600. The third-order valence-electron chi connectivity index (χ3n) is 5.81. The van der Waals surface area contributed by atoms with Crippen molar-refractivity contribution in [3.8, 4) is 5.75 Å². The number of carbonyl (C=O) groups is 2. The number of aliphatic carboxylic acids is 1. The van der Waals surface area contributed by atoms with E-state index in [1.54, 1.807) is 0 Å². The molecule has 3 rings (SSSR count). The van der Waals surface area contributed by atoms with Crippen molar-refractivity contribution < 1.29 is 19.4 Å². The molecule has 2 aliphatic rings. The second-order valence-corrected chi connectivity index (χ2v) is 7.64. The molecular weight excluding hydrogens is 332 g/mol. The molecule has 2 fully saturated rings. The Morgan fingerprint density at radius 3 is 2.73 bits per heavy atom. The summed E-state index contributed by atoms with van der Waals surface area (Å²) in [5.74, 6) is 0.276. The Bertz CT molecular complexity index is 670. The lowest BCUT2D eigenvalue weighted by Crippen LogP contribution is -2.40. The maximum absolute atomic E-state index is 12.2. The van der Waals surface area contributed by atoms with Crippen molar-refractivity contribution in [2.24, 2.45) is 11.3 Å². The molecule has 0 radical (unpaired) electrons. The van der Waals surface area contributed by atoms with Gasteiger partial charge in [-0.3, -0.25) is 14.5 Å². The molecule has 6 nitrogen and oxygen atoms in total. The summed E-state index contributed by atoms with van der Waals surface area (Å²) in [7, 11) is 0. The number of amides is 1. The summed E-state index contributed by atoms with van der Waals surface area (Å²) in [6, 6.07) is 6.00. The third-order valence-corrected chi connectivity index (χ3v) is 5.81. The van der Waals surface area contributed by atoms with Gasteiger partial charge in [0.15, 0.2) is 0 Å². The highest BCUT2D eigenvalue weighted by molar-refractivity contribution is 5.79. The van der Waals surface area contributed by atoms with Gasteiger partial charge in [0.1, 0.15) is 12.4 Å². The van der Waals surface area contributed by atoms with Crippen molar-refractivity contribution >= 4 is 11.9 Å². The van der Waals surface area contributed by atoms with E-state index in [2.05, 4.69) is 5.32 Å². The highest BCUT2D eigenvalue weighted by Crippen LogP contribution is 2.48. The van der Waals surface area contributed by atoms with Gasteiger partial charge in [0.05, 0.1) is 18.5 Å². The summed E-state index contributed by atoms with van der Waals surface area (Å²) in [6.07, 6.45) is 2.66. The Hall–Kier alpha value is -2.08.